The van der Waals surface area contributed by atoms with Gasteiger partial charge in [-0.25, -0.2) is 9.37 Å². The molecule has 2 aromatic rings. The maximum Gasteiger partial charge on any atom is 0.417 e. The van der Waals surface area contributed by atoms with Gasteiger partial charge in [0, 0.05) is 31.2 Å². The normalized spacial score (nSPS) is 19.5. The summed E-state index contributed by atoms with van der Waals surface area (Å²) in [4.78, 5) is 19.5. The smallest absolute Gasteiger partial charge is 0.371 e. The largest absolute Gasteiger partial charge is 0.417 e. The summed E-state index contributed by atoms with van der Waals surface area (Å²) in [6.07, 6.45) is -3.63. The van der Waals surface area contributed by atoms with Crippen molar-refractivity contribution in [3.05, 3.63) is 54.0 Å². The third kappa shape index (κ3) is 3.42. The van der Waals surface area contributed by atoms with Gasteiger partial charge in [0.15, 0.2) is 0 Å². The summed E-state index contributed by atoms with van der Waals surface area (Å²) in [5, 5.41) is 0. The molecule has 0 atom stereocenters. The van der Waals surface area contributed by atoms with Gasteiger partial charge in [0.25, 0.3) is 5.91 Å². The molecule has 28 heavy (non-hydrogen) atoms. The van der Waals surface area contributed by atoms with Gasteiger partial charge in [0.1, 0.15) is 18.2 Å². The van der Waals surface area contributed by atoms with Gasteiger partial charge in [-0.15, -0.1) is 0 Å². The monoisotopic (exact) mass is 395 g/mol. The minimum absolute atomic E-state index is 0.144. The third-order valence-corrected chi connectivity index (χ3v) is 5.02. The van der Waals surface area contributed by atoms with Gasteiger partial charge in [-0.3, -0.25) is 4.79 Å². The average molecular weight is 395 g/mol. The van der Waals surface area contributed by atoms with E-state index in [1.807, 2.05) is 4.90 Å². The lowest BCUT2D eigenvalue weighted by Crippen LogP contribution is -2.63. The number of hydrogen-bond donors (Lipinski definition) is 0. The van der Waals surface area contributed by atoms with Crippen molar-refractivity contribution in [3.8, 4) is 0 Å². The molecular weight excluding hydrogens is 378 g/mol. The molecule has 0 N–H and O–H groups in total. The zero-order valence-corrected chi connectivity index (χ0v) is 14.7. The van der Waals surface area contributed by atoms with Gasteiger partial charge in [0.2, 0.25) is 0 Å². The molecule has 9 heteroatoms. The molecular formula is C19H17F4N3O2. The van der Waals surface area contributed by atoms with Gasteiger partial charge in [-0.1, -0.05) is 12.1 Å². The highest BCUT2D eigenvalue weighted by atomic mass is 19.4. The molecule has 1 spiro atoms. The maximum atomic E-state index is 14.2. The molecule has 0 unspecified atom stereocenters. The predicted octanol–water partition coefficient (Wildman–Crippen LogP) is 3.11. The van der Waals surface area contributed by atoms with Gasteiger partial charge in [0.05, 0.1) is 17.9 Å². The highest BCUT2D eigenvalue weighted by molar-refractivity contribution is 5.94. The summed E-state index contributed by atoms with van der Waals surface area (Å²) >= 11 is 0. The Hall–Kier alpha value is -2.68. The first-order chi connectivity index (χ1) is 13.3. The van der Waals surface area contributed by atoms with Gasteiger partial charge in [-0.05, 0) is 24.3 Å². The van der Waals surface area contributed by atoms with Crippen molar-refractivity contribution < 1.29 is 27.1 Å². The van der Waals surface area contributed by atoms with Crippen LogP contribution in [0.2, 0.25) is 0 Å². The van der Waals surface area contributed by atoms with Crippen molar-refractivity contribution in [1.82, 2.24) is 4.98 Å². The summed E-state index contributed by atoms with van der Waals surface area (Å²) in [7, 11) is 0. The first-order valence-electron chi connectivity index (χ1n) is 8.68. The van der Waals surface area contributed by atoms with Crippen LogP contribution in [0, 0.1) is 11.2 Å². The molecule has 0 aliphatic carbocycles. The Morgan fingerprint density at radius 1 is 1.07 bits per heavy atom. The summed E-state index contributed by atoms with van der Waals surface area (Å²) < 4.78 is 57.7. The van der Waals surface area contributed by atoms with E-state index in [2.05, 4.69) is 4.98 Å². The van der Waals surface area contributed by atoms with E-state index in [0.29, 0.717) is 25.5 Å². The summed E-state index contributed by atoms with van der Waals surface area (Å²) in [6, 6.07) is 8.36. The van der Waals surface area contributed by atoms with Crippen molar-refractivity contribution in [2.24, 2.45) is 5.41 Å². The van der Waals surface area contributed by atoms with E-state index in [4.69, 9.17) is 4.74 Å². The van der Waals surface area contributed by atoms with Crippen LogP contribution in [0.25, 0.3) is 0 Å². The van der Waals surface area contributed by atoms with E-state index in [0.717, 1.165) is 12.3 Å². The van der Waals surface area contributed by atoms with Crippen LogP contribution in [0.3, 0.4) is 0 Å². The van der Waals surface area contributed by atoms with E-state index in [1.165, 1.54) is 17.0 Å². The number of alkyl halides is 3. The number of rotatable bonds is 2. The lowest BCUT2D eigenvalue weighted by molar-refractivity contribution is -0.137. The number of benzene rings is 1. The number of para-hydroxylation sites is 1. The quantitative estimate of drug-likeness (QED) is 0.734. The number of aromatic nitrogens is 1. The molecule has 0 saturated carbocycles. The number of amides is 1. The van der Waals surface area contributed by atoms with E-state index in [9.17, 15) is 22.4 Å². The first kappa shape index (κ1) is 18.7. The Morgan fingerprint density at radius 2 is 1.82 bits per heavy atom. The van der Waals surface area contributed by atoms with Crippen LogP contribution in [0.15, 0.2) is 42.6 Å². The van der Waals surface area contributed by atoms with Crippen LogP contribution in [-0.4, -0.2) is 43.7 Å². The minimum Gasteiger partial charge on any atom is -0.371 e. The number of halogens is 4. The van der Waals surface area contributed by atoms with Crippen molar-refractivity contribution in [3.63, 3.8) is 0 Å². The van der Waals surface area contributed by atoms with Crippen LogP contribution in [-0.2, 0) is 15.7 Å². The van der Waals surface area contributed by atoms with Crippen LogP contribution in [0.4, 0.5) is 29.1 Å². The highest BCUT2D eigenvalue weighted by Gasteiger charge is 2.48. The second kappa shape index (κ2) is 6.73. The fourth-order valence-electron chi connectivity index (χ4n) is 3.65. The summed E-state index contributed by atoms with van der Waals surface area (Å²) in [5.74, 6) is -0.395. The van der Waals surface area contributed by atoms with Gasteiger partial charge < -0.3 is 14.5 Å². The Bertz CT molecular complexity index is 879. The molecule has 5 nitrogen and oxygen atoms in total. The maximum absolute atomic E-state index is 14.2. The molecule has 2 saturated heterocycles. The number of carbonyl (C=O) groups is 1. The lowest BCUT2D eigenvalue weighted by atomic mass is 9.80. The topological polar surface area (TPSA) is 45.7 Å². The zero-order valence-electron chi connectivity index (χ0n) is 14.7. The molecule has 2 fully saturated rings. The molecule has 1 aromatic heterocycles. The van der Waals surface area contributed by atoms with Crippen LogP contribution in [0.1, 0.15) is 5.56 Å². The molecule has 148 valence electrons. The minimum atomic E-state index is -4.43. The van der Waals surface area contributed by atoms with Crippen molar-refractivity contribution in [2.75, 3.05) is 42.6 Å². The Balaban J connectivity index is 1.50. The van der Waals surface area contributed by atoms with Crippen molar-refractivity contribution >= 4 is 17.4 Å². The molecule has 0 bridgehead atoms. The van der Waals surface area contributed by atoms with Gasteiger partial charge in [-0.2, -0.15) is 13.2 Å². The second-order valence-corrected chi connectivity index (χ2v) is 7.18. The molecule has 1 aromatic carbocycles. The Kier molecular flexibility index (Phi) is 4.49. The first-order valence-corrected chi connectivity index (χ1v) is 8.68. The zero-order chi connectivity index (χ0) is 19.9. The van der Waals surface area contributed by atoms with E-state index in [1.54, 1.807) is 18.2 Å². The Morgan fingerprint density at radius 3 is 2.46 bits per heavy atom. The lowest BCUT2D eigenvalue weighted by Gasteiger charge is -2.51. The number of pyridine rings is 1. The van der Waals surface area contributed by atoms with Crippen LogP contribution in [0.5, 0.6) is 0 Å². The van der Waals surface area contributed by atoms with E-state index < -0.39 is 23.0 Å². The predicted molar refractivity (Wildman–Crippen MR) is 93.5 cm³/mol. The summed E-state index contributed by atoms with van der Waals surface area (Å²) in [6.45, 7) is 1.33. The van der Waals surface area contributed by atoms with E-state index >= 15 is 0 Å². The van der Waals surface area contributed by atoms with Crippen molar-refractivity contribution in [2.45, 2.75) is 6.18 Å². The number of nitrogens with zero attached hydrogens (tertiary/aromatic N) is 3. The summed E-state index contributed by atoms with van der Waals surface area (Å²) in [5.41, 5.74) is -1.04. The molecule has 0 radical (unpaired) electrons. The Labute approximate surface area is 158 Å². The number of hydrogen-bond acceptors (Lipinski definition) is 4. The fourth-order valence-corrected chi connectivity index (χ4v) is 3.65. The van der Waals surface area contributed by atoms with Crippen LogP contribution >= 0.6 is 0 Å². The molecule has 2 aliphatic rings. The molecule has 4 rings (SSSR count). The highest BCUT2D eigenvalue weighted by Crippen LogP contribution is 2.38. The standard InChI is InChI=1S/C19H17F4N3O2/c20-14-3-1-2-4-15(14)26-11-18(12-28-8-17(26)27)9-25(10-18)16-6-5-13(7-24-16)19(21,22)23/h1-7H,8-12H2. The second-order valence-electron chi connectivity index (χ2n) is 7.18. The number of ether oxygens (including phenoxy) is 1. The average Bonchev–Trinajstić information content (AvgIpc) is 2.80. The molecule has 3 heterocycles. The molecule has 2 aliphatic heterocycles. The van der Waals surface area contributed by atoms with E-state index in [-0.39, 0.29) is 24.7 Å². The number of anilines is 2. The van der Waals surface area contributed by atoms with Crippen LogP contribution < -0.4 is 9.80 Å². The SMILES string of the molecule is O=C1COCC2(CN(c3ccc(C(F)(F)F)cn3)C2)CN1c1ccccc1F. The third-order valence-electron chi connectivity index (χ3n) is 5.02. The van der Waals surface area contributed by atoms with Gasteiger partial charge >= 0.3 is 6.18 Å². The molecule has 1 amide bonds. The van der Waals surface area contributed by atoms with Crippen molar-refractivity contribution in [1.29, 1.82) is 0 Å². The fraction of sp³-hybridized carbons (Fsp3) is 0.368. The number of carbonyl (C=O) groups excluding carboxylic acids is 1.